The molecule has 2 aromatic carbocycles. The summed E-state index contributed by atoms with van der Waals surface area (Å²) in [5.41, 5.74) is 4.48. The van der Waals surface area contributed by atoms with Crippen LogP contribution in [0.3, 0.4) is 0 Å². The molecule has 2 unspecified atom stereocenters. The van der Waals surface area contributed by atoms with Gasteiger partial charge in [0.05, 0.1) is 32.6 Å². The molecule has 0 radical (unpaired) electrons. The predicted molar refractivity (Wildman–Crippen MR) is 145 cm³/mol. The number of hydrogen-bond acceptors (Lipinski definition) is 6. The van der Waals surface area contributed by atoms with Crippen LogP contribution in [0.2, 0.25) is 0 Å². The molecular weight excluding hydrogens is 482 g/mol. The van der Waals surface area contributed by atoms with E-state index in [9.17, 15) is 9.59 Å². The Morgan fingerprint density at radius 3 is 2.63 bits per heavy atom. The molecule has 0 amide bonds. The van der Waals surface area contributed by atoms with Crippen molar-refractivity contribution in [1.29, 1.82) is 0 Å². The molecular formula is C30H29N3O5. The molecule has 8 heteroatoms. The molecule has 0 saturated carbocycles. The number of esters is 1. The number of benzene rings is 2. The molecule has 5 rings (SSSR count). The Morgan fingerprint density at radius 1 is 1.13 bits per heavy atom. The maximum Gasteiger partial charge on any atom is 0.338 e. The summed E-state index contributed by atoms with van der Waals surface area (Å²) in [5.74, 6) is 0.667. The van der Waals surface area contributed by atoms with Crippen LogP contribution in [0.15, 0.2) is 82.3 Å². The smallest absolute Gasteiger partial charge is 0.338 e. The van der Waals surface area contributed by atoms with E-state index in [0.717, 1.165) is 17.6 Å². The van der Waals surface area contributed by atoms with Gasteiger partial charge in [0, 0.05) is 11.5 Å². The van der Waals surface area contributed by atoms with Gasteiger partial charge in [-0.15, -0.1) is 6.58 Å². The molecule has 1 aliphatic carbocycles. The van der Waals surface area contributed by atoms with Crippen molar-refractivity contribution in [1.82, 2.24) is 9.55 Å². The number of carbonyl (C=O) groups is 1. The summed E-state index contributed by atoms with van der Waals surface area (Å²) in [6.07, 6.45) is 6.70. The number of rotatable bonds is 7. The van der Waals surface area contributed by atoms with Crippen molar-refractivity contribution < 1.29 is 19.0 Å². The van der Waals surface area contributed by atoms with Crippen molar-refractivity contribution in [2.45, 2.75) is 25.3 Å². The fraction of sp³-hybridized carbons (Fsp3) is 0.233. The van der Waals surface area contributed by atoms with E-state index < -0.39 is 12.0 Å². The van der Waals surface area contributed by atoms with E-state index in [1.807, 2.05) is 24.3 Å². The summed E-state index contributed by atoms with van der Waals surface area (Å²) < 4.78 is 17.7. The fourth-order valence-electron chi connectivity index (χ4n) is 5.28. The average molecular weight is 512 g/mol. The molecule has 3 aromatic rings. The third-order valence-electron chi connectivity index (χ3n) is 7.03. The lowest BCUT2D eigenvalue weighted by molar-refractivity contribution is -0.136. The molecule has 194 valence electrons. The normalized spacial score (nSPS) is 18.3. The molecule has 38 heavy (non-hydrogen) atoms. The number of nitrogens with one attached hydrogen (secondary N) is 1. The van der Waals surface area contributed by atoms with Gasteiger partial charge in [-0.2, -0.15) is 0 Å². The molecule has 0 fully saturated rings. The van der Waals surface area contributed by atoms with Gasteiger partial charge in [-0.25, -0.2) is 9.79 Å². The highest BCUT2D eigenvalue weighted by Gasteiger charge is 2.35. The zero-order chi connectivity index (χ0) is 27.0. The van der Waals surface area contributed by atoms with Gasteiger partial charge < -0.3 is 19.2 Å². The Kier molecular flexibility index (Phi) is 6.63. The summed E-state index contributed by atoms with van der Waals surface area (Å²) in [4.78, 5) is 34.7. The second kappa shape index (κ2) is 10.0. The first-order valence-corrected chi connectivity index (χ1v) is 12.3. The molecule has 2 heterocycles. The highest BCUT2D eigenvalue weighted by Crippen LogP contribution is 2.39. The van der Waals surface area contributed by atoms with Crippen LogP contribution in [0.1, 0.15) is 42.0 Å². The minimum atomic E-state index is -0.843. The zero-order valence-electron chi connectivity index (χ0n) is 21.8. The summed E-state index contributed by atoms with van der Waals surface area (Å²) in [5, 5.41) is 0.356. The van der Waals surface area contributed by atoms with Gasteiger partial charge >= 0.3 is 5.97 Å². The SMILES string of the molecule is C=CCC1C=C(/C=c2\[nH]c3n(c2=O)C(c2cc(OC)ccc2OC)C(C(=O)OC)=C(C)N=3)c2ccccc21. The van der Waals surface area contributed by atoms with Crippen molar-refractivity contribution in [2.24, 2.45) is 4.99 Å². The first-order chi connectivity index (χ1) is 18.4. The molecule has 0 bridgehead atoms. The topological polar surface area (TPSA) is 94.9 Å². The zero-order valence-corrected chi connectivity index (χ0v) is 21.8. The van der Waals surface area contributed by atoms with Gasteiger partial charge in [-0.05, 0) is 54.3 Å². The van der Waals surface area contributed by atoms with Crippen LogP contribution in [0.25, 0.3) is 11.6 Å². The highest BCUT2D eigenvalue weighted by molar-refractivity contribution is 5.93. The molecule has 0 spiro atoms. The van der Waals surface area contributed by atoms with Crippen molar-refractivity contribution in [2.75, 3.05) is 21.3 Å². The Balaban J connectivity index is 1.75. The van der Waals surface area contributed by atoms with Crippen LogP contribution < -0.4 is 26.0 Å². The highest BCUT2D eigenvalue weighted by atomic mass is 16.5. The van der Waals surface area contributed by atoms with Gasteiger partial charge in [0.1, 0.15) is 22.9 Å². The van der Waals surface area contributed by atoms with Gasteiger partial charge in [0.2, 0.25) is 5.62 Å². The first kappa shape index (κ1) is 25.1. The molecule has 0 saturated heterocycles. The van der Waals surface area contributed by atoms with Crippen LogP contribution in [-0.4, -0.2) is 36.8 Å². The third kappa shape index (κ3) is 4.08. The Hall–Kier alpha value is -4.59. The standard InChI is InChI=1S/C30H29N3O5/c1-6-9-18-14-19(22-11-8-7-10-21(18)22)15-24-28(34)33-27(23-16-20(36-3)12-13-25(23)37-4)26(29(35)38-5)17(2)31-30(33)32-24/h6-8,10-16,18,27H,1,9H2,2-5H3,(H,31,32)/b24-15-. The summed E-state index contributed by atoms with van der Waals surface area (Å²) in [6.45, 7) is 5.61. The number of fused-ring (bicyclic) bond motifs is 2. The summed E-state index contributed by atoms with van der Waals surface area (Å²) >= 11 is 0. The number of aromatic amines is 1. The maximum absolute atomic E-state index is 14.0. The quantitative estimate of drug-likeness (QED) is 0.388. The Bertz CT molecular complexity index is 1690. The molecule has 1 aliphatic heterocycles. The van der Waals surface area contributed by atoms with Gasteiger partial charge in [-0.1, -0.05) is 36.4 Å². The van der Waals surface area contributed by atoms with E-state index in [1.165, 1.54) is 24.4 Å². The number of aromatic nitrogens is 2. The summed E-state index contributed by atoms with van der Waals surface area (Å²) in [7, 11) is 4.40. The van der Waals surface area contributed by atoms with E-state index in [2.05, 4.69) is 34.8 Å². The maximum atomic E-state index is 14.0. The lowest BCUT2D eigenvalue weighted by Crippen LogP contribution is -2.40. The predicted octanol–water partition coefficient (Wildman–Crippen LogP) is 3.40. The van der Waals surface area contributed by atoms with E-state index in [-0.39, 0.29) is 17.1 Å². The number of methoxy groups -OCH3 is 3. The van der Waals surface area contributed by atoms with Gasteiger partial charge in [-0.3, -0.25) is 9.36 Å². The number of hydrogen-bond donors (Lipinski definition) is 1. The van der Waals surface area contributed by atoms with E-state index in [4.69, 9.17) is 14.2 Å². The number of allylic oxidation sites excluding steroid dienone is 4. The summed E-state index contributed by atoms with van der Waals surface area (Å²) in [6, 6.07) is 12.6. The van der Waals surface area contributed by atoms with E-state index >= 15 is 0 Å². The lowest BCUT2D eigenvalue weighted by Gasteiger charge is -2.25. The second-order valence-electron chi connectivity index (χ2n) is 9.13. The number of ether oxygens (including phenoxy) is 3. The number of carbonyl (C=O) groups excluding carboxylic acids is 1. The van der Waals surface area contributed by atoms with Crippen molar-refractivity contribution in [3.05, 3.63) is 110 Å². The molecule has 2 aliphatic rings. The van der Waals surface area contributed by atoms with E-state index in [0.29, 0.717) is 33.7 Å². The monoisotopic (exact) mass is 511 g/mol. The minimum absolute atomic E-state index is 0.190. The molecule has 1 N–H and O–H groups in total. The van der Waals surface area contributed by atoms with Crippen molar-refractivity contribution >= 4 is 17.6 Å². The van der Waals surface area contributed by atoms with Gasteiger partial charge in [0.25, 0.3) is 5.56 Å². The largest absolute Gasteiger partial charge is 0.497 e. The van der Waals surface area contributed by atoms with Crippen molar-refractivity contribution in [3.63, 3.8) is 0 Å². The fourth-order valence-corrected chi connectivity index (χ4v) is 5.28. The first-order valence-electron chi connectivity index (χ1n) is 12.3. The van der Waals surface area contributed by atoms with Crippen LogP contribution in [-0.2, 0) is 9.53 Å². The lowest BCUT2D eigenvalue weighted by atomic mass is 9.94. The minimum Gasteiger partial charge on any atom is -0.497 e. The van der Waals surface area contributed by atoms with Crippen LogP contribution in [0.4, 0.5) is 0 Å². The Morgan fingerprint density at radius 2 is 1.92 bits per heavy atom. The van der Waals surface area contributed by atoms with Crippen LogP contribution in [0, 0.1) is 0 Å². The molecule has 1 aromatic heterocycles. The number of imidazole rings is 1. The molecule has 8 nitrogen and oxygen atoms in total. The Labute approximate surface area is 219 Å². The number of nitrogens with zero attached hydrogens (tertiary/aromatic N) is 2. The van der Waals surface area contributed by atoms with Crippen LogP contribution >= 0.6 is 0 Å². The molecule has 2 atom stereocenters. The van der Waals surface area contributed by atoms with Gasteiger partial charge in [0.15, 0.2) is 0 Å². The van der Waals surface area contributed by atoms with Crippen LogP contribution in [0.5, 0.6) is 11.5 Å². The second-order valence-corrected chi connectivity index (χ2v) is 9.13. The van der Waals surface area contributed by atoms with Crippen molar-refractivity contribution in [3.8, 4) is 11.5 Å². The number of H-pyrrole nitrogens is 1. The van der Waals surface area contributed by atoms with E-state index in [1.54, 1.807) is 32.2 Å². The average Bonchev–Trinajstić information content (AvgIpc) is 3.43. The third-order valence-corrected chi connectivity index (χ3v) is 7.03.